The van der Waals surface area contributed by atoms with E-state index in [1.54, 1.807) is 0 Å². The summed E-state index contributed by atoms with van der Waals surface area (Å²) < 4.78 is 62.3. The van der Waals surface area contributed by atoms with Crippen molar-refractivity contribution in [2.75, 3.05) is 11.5 Å². The predicted molar refractivity (Wildman–Crippen MR) is 66.2 cm³/mol. The van der Waals surface area contributed by atoms with Gasteiger partial charge in [-0.05, 0) is 25.0 Å². The minimum Gasteiger partial charge on any atom is -0.241 e. The predicted octanol–water partition coefficient (Wildman–Crippen LogP) is 0.0762. The van der Waals surface area contributed by atoms with Gasteiger partial charge in [-0.25, -0.2) is 30.9 Å². The van der Waals surface area contributed by atoms with E-state index in [0.717, 1.165) is 12.3 Å². The molecule has 19 heavy (non-hydrogen) atoms. The lowest BCUT2D eigenvalue weighted by atomic mass is 10.2. The summed E-state index contributed by atoms with van der Waals surface area (Å²) >= 11 is 0. The van der Waals surface area contributed by atoms with Crippen LogP contribution in [0.1, 0.15) is 12.8 Å². The second-order valence-electron chi connectivity index (χ2n) is 4.37. The van der Waals surface area contributed by atoms with Crippen LogP contribution < -0.4 is 4.72 Å². The molecule has 1 saturated heterocycles. The number of hydrogen-bond donors (Lipinski definition) is 1. The Morgan fingerprint density at radius 2 is 2.16 bits per heavy atom. The number of sulfone groups is 1. The monoisotopic (exact) mass is 308 g/mol. The maximum atomic E-state index is 13.4. The van der Waals surface area contributed by atoms with E-state index in [1.807, 2.05) is 0 Å². The van der Waals surface area contributed by atoms with Crippen molar-refractivity contribution in [3.63, 3.8) is 0 Å². The number of halogens is 1. The molecule has 0 radical (unpaired) electrons. The van der Waals surface area contributed by atoms with Crippen LogP contribution in [0.3, 0.4) is 0 Å². The van der Waals surface area contributed by atoms with Crippen LogP contribution in [0.2, 0.25) is 0 Å². The normalized spacial score (nSPS) is 23.1. The van der Waals surface area contributed by atoms with Gasteiger partial charge in [0, 0.05) is 12.2 Å². The van der Waals surface area contributed by atoms with Crippen LogP contribution in [-0.4, -0.2) is 39.4 Å². The van der Waals surface area contributed by atoms with Crippen molar-refractivity contribution < 1.29 is 21.2 Å². The first-order valence-corrected chi connectivity index (χ1v) is 8.94. The Morgan fingerprint density at radius 3 is 2.79 bits per heavy atom. The third-order valence-electron chi connectivity index (χ3n) is 2.76. The van der Waals surface area contributed by atoms with Crippen LogP contribution in [0.15, 0.2) is 23.4 Å². The van der Waals surface area contributed by atoms with Crippen LogP contribution in [0, 0.1) is 5.82 Å². The third kappa shape index (κ3) is 3.48. The van der Waals surface area contributed by atoms with Gasteiger partial charge in [0.1, 0.15) is 0 Å². The number of hydrogen-bond acceptors (Lipinski definition) is 5. The summed E-state index contributed by atoms with van der Waals surface area (Å²) in [5.74, 6) is -1.17. The van der Waals surface area contributed by atoms with E-state index >= 15 is 0 Å². The van der Waals surface area contributed by atoms with Crippen molar-refractivity contribution in [3.8, 4) is 0 Å². The molecular weight excluding hydrogens is 295 g/mol. The van der Waals surface area contributed by atoms with E-state index < -0.39 is 36.7 Å². The van der Waals surface area contributed by atoms with E-state index in [-0.39, 0.29) is 11.5 Å². The minimum atomic E-state index is -4.14. The fourth-order valence-electron chi connectivity index (χ4n) is 1.96. The maximum absolute atomic E-state index is 13.4. The lowest BCUT2D eigenvalue weighted by Crippen LogP contribution is -2.43. The summed E-state index contributed by atoms with van der Waals surface area (Å²) in [6.45, 7) is 0. The molecule has 1 aromatic rings. The number of nitrogens with one attached hydrogen (secondary N) is 1. The smallest absolute Gasteiger partial charge is 0.241 e. The molecule has 1 fully saturated rings. The molecule has 9 heteroatoms. The van der Waals surface area contributed by atoms with E-state index in [0.29, 0.717) is 12.8 Å². The molecule has 2 heterocycles. The molecule has 6 nitrogen and oxygen atoms in total. The molecule has 1 aliphatic rings. The largest absolute Gasteiger partial charge is 0.261 e. The molecule has 1 atom stereocenters. The SMILES string of the molecule is O=S1(=O)CCCC(NS(=O)(=O)c2ncccc2F)C1. The first kappa shape index (κ1) is 14.4. The Kier molecular flexibility index (Phi) is 3.88. The molecule has 0 bridgehead atoms. The standard InChI is InChI=1S/C10H13FN2O4S2/c11-9-4-1-5-12-10(9)19(16,17)13-8-3-2-6-18(14,15)7-8/h1,4-5,8,13H,2-3,6-7H2. The highest BCUT2D eigenvalue weighted by Crippen LogP contribution is 2.16. The highest BCUT2D eigenvalue weighted by Gasteiger charge is 2.30. The molecule has 1 aromatic heterocycles. The zero-order valence-corrected chi connectivity index (χ0v) is 11.5. The minimum absolute atomic E-state index is 0.0587. The Hall–Kier alpha value is -1.06. The zero-order chi connectivity index (χ0) is 14.1. The van der Waals surface area contributed by atoms with Crippen LogP contribution >= 0.6 is 0 Å². The van der Waals surface area contributed by atoms with Gasteiger partial charge in [-0.15, -0.1) is 0 Å². The lowest BCUT2D eigenvalue weighted by Gasteiger charge is -2.22. The topological polar surface area (TPSA) is 93.2 Å². The Bertz CT molecular complexity index is 673. The van der Waals surface area contributed by atoms with Crippen molar-refractivity contribution in [1.29, 1.82) is 0 Å². The van der Waals surface area contributed by atoms with Gasteiger partial charge in [0.2, 0.25) is 5.03 Å². The van der Waals surface area contributed by atoms with Crippen molar-refractivity contribution in [2.45, 2.75) is 23.9 Å². The molecule has 1 aliphatic heterocycles. The summed E-state index contributed by atoms with van der Waals surface area (Å²) in [6.07, 6.45) is 1.96. The maximum Gasteiger partial charge on any atom is 0.261 e. The molecule has 0 saturated carbocycles. The fraction of sp³-hybridized carbons (Fsp3) is 0.500. The Morgan fingerprint density at radius 1 is 1.42 bits per heavy atom. The molecule has 0 amide bonds. The molecule has 106 valence electrons. The lowest BCUT2D eigenvalue weighted by molar-refractivity contribution is 0.507. The summed E-state index contributed by atoms with van der Waals surface area (Å²) in [7, 11) is -7.38. The number of pyridine rings is 1. The summed E-state index contributed by atoms with van der Waals surface area (Å²) in [4.78, 5) is 3.48. The van der Waals surface area contributed by atoms with Crippen molar-refractivity contribution in [3.05, 3.63) is 24.1 Å². The summed E-state index contributed by atoms with van der Waals surface area (Å²) in [6, 6.07) is 1.53. The van der Waals surface area contributed by atoms with Gasteiger partial charge in [-0.2, -0.15) is 0 Å². The molecule has 2 rings (SSSR count). The van der Waals surface area contributed by atoms with E-state index in [1.165, 1.54) is 6.07 Å². The van der Waals surface area contributed by atoms with Gasteiger partial charge < -0.3 is 0 Å². The summed E-state index contributed by atoms with van der Waals surface area (Å²) in [5, 5.41) is -0.710. The number of aromatic nitrogens is 1. The highest BCUT2D eigenvalue weighted by atomic mass is 32.2. The fourth-order valence-corrected chi connectivity index (χ4v) is 4.98. The average Bonchev–Trinajstić information content (AvgIpc) is 2.27. The van der Waals surface area contributed by atoms with Crippen LogP contribution in [0.4, 0.5) is 4.39 Å². The van der Waals surface area contributed by atoms with Gasteiger partial charge in [-0.3, -0.25) is 0 Å². The van der Waals surface area contributed by atoms with Crippen molar-refractivity contribution >= 4 is 19.9 Å². The Balaban J connectivity index is 2.21. The van der Waals surface area contributed by atoms with Gasteiger partial charge in [0.25, 0.3) is 10.0 Å². The molecule has 1 unspecified atom stereocenters. The van der Waals surface area contributed by atoms with E-state index in [4.69, 9.17) is 0 Å². The zero-order valence-electron chi connectivity index (χ0n) is 9.91. The first-order valence-electron chi connectivity index (χ1n) is 5.63. The van der Waals surface area contributed by atoms with Gasteiger partial charge in [-0.1, -0.05) is 0 Å². The molecule has 1 N–H and O–H groups in total. The van der Waals surface area contributed by atoms with Gasteiger partial charge in [0.05, 0.1) is 11.5 Å². The summed E-state index contributed by atoms with van der Waals surface area (Å²) in [5.41, 5.74) is 0. The van der Waals surface area contributed by atoms with Gasteiger partial charge >= 0.3 is 0 Å². The molecule has 0 aliphatic carbocycles. The van der Waals surface area contributed by atoms with E-state index in [9.17, 15) is 21.2 Å². The number of sulfonamides is 1. The highest BCUT2D eigenvalue weighted by molar-refractivity contribution is 7.91. The second kappa shape index (κ2) is 5.14. The van der Waals surface area contributed by atoms with Crippen LogP contribution in [0.25, 0.3) is 0 Å². The third-order valence-corrected chi connectivity index (χ3v) is 6.04. The van der Waals surface area contributed by atoms with Gasteiger partial charge in [0.15, 0.2) is 15.7 Å². The first-order chi connectivity index (χ1) is 8.80. The van der Waals surface area contributed by atoms with E-state index in [2.05, 4.69) is 9.71 Å². The molecule has 0 aromatic carbocycles. The molecular formula is C10H13FN2O4S2. The second-order valence-corrected chi connectivity index (χ2v) is 8.22. The van der Waals surface area contributed by atoms with Crippen LogP contribution in [-0.2, 0) is 19.9 Å². The average molecular weight is 308 g/mol. The Labute approximate surface area is 111 Å². The number of nitrogens with zero attached hydrogens (tertiary/aromatic N) is 1. The van der Waals surface area contributed by atoms with Crippen LogP contribution in [0.5, 0.6) is 0 Å². The number of rotatable bonds is 3. The quantitative estimate of drug-likeness (QED) is 0.853. The molecule has 0 spiro atoms. The van der Waals surface area contributed by atoms with Crippen molar-refractivity contribution in [1.82, 2.24) is 9.71 Å². The van der Waals surface area contributed by atoms with Crippen molar-refractivity contribution in [2.24, 2.45) is 0 Å².